The number of ketones is 1. The number of Topliss-reactive ketones (excluding diaryl/α,β-unsaturated/α-hetero) is 1. The van der Waals surface area contributed by atoms with Crippen LogP contribution in [-0.4, -0.2) is 24.3 Å². The first-order chi connectivity index (χ1) is 12.5. The molecule has 0 radical (unpaired) electrons. The van der Waals surface area contributed by atoms with E-state index in [4.69, 9.17) is 10.6 Å². The molecule has 0 aliphatic heterocycles. The molecule has 0 spiro atoms. The highest BCUT2D eigenvalue weighted by Crippen LogP contribution is 2.44. The van der Waals surface area contributed by atoms with Crippen molar-refractivity contribution in [2.24, 2.45) is 11.8 Å². The Bertz CT molecular complexity index is 815. The van der Waals surface area contributed by atoms with E-state index < -0.39 is 30.1 Å². The molecule has 134 valence electrons. The standard InChI is InChI=1S/C20H19NO5/c1-12(22)17(10-19(23)26-21)20(24)25-11-18-15-8-4-2-6-13(15)14-7-3-5-9-16(14)18/h2-9,17-18H,10-11,21H2,1H3/t17-/m0/s1. The summed E-state index contributed by atoms with van der Waals surface area (Å²) < 4.78 is 5.40. The van der Waals surface area contributed by atoms with Crippen LogP contribution in [-0.2, 0) is 24.0 Å². The number of hydrogen-bond donors (Lipinski definition) is 1. The summed E-state index contributed by atoms with van der Waals surface area (Å²) in [5.74, 6) is 1.42. The van der Waals surface area contributed by atoms with Gasteiger partial charge in [0.1, 0.15) is 18.3 Å². The fourth-order valence-corrected chi connectivity index (χ4v) is 3.31. The van der Waals surface area contributed by atoms with E-state index in [2.05, 4.69) is 4.84 Å². The zero-order valence-electron chi connectivity index (χ0n) is 14.3. The predicted octanol–water partition coefficient (Wildman–Crippen LogP) is 2.35. The lowest BCUT2D eigenvalue weighted by Gasteiger charge is -2.17. The number of nitrogens with two attached hydrogens (primary N) is 1. The zero-order valence-corrected chi connectivity index (χ0v) is 14.3. The molecule has 0 saturated heterocycles. The molecule has 3 rings (SSSR count). The summed E-state index contributed by atoms with van der Waals surface area (Å²) in [4.78, 5) is 39.4. The van der Waals surface area contributed by atoms with Crippen molar-refractivity contribution in [3.8, 4) is 11.1 Å². The summed E-state index contributed by atoms with van der Waals surface area (Å²) >= 11 is 0. The van der Waals surface area contributed by atoms with E-state index >= 15 is 0 Å². The summed E-state index contributed by atoms with van der Waals surface area (Å²) in [5.41, 5.74) is 4.36. The van der Waals surface area contributed by atoms with Gasteiger partial charge in [0.15, 0.2) is 0 Å². The summed E-state index contributed by atoms with van der Waals surface area (Å²) in [6.07, 6.45) is -0.428. The van der Waals surface area contributed by atoms with E-state index in [0.717, 1.165) is 22.3 Å². The Hall–Kier alpha value is -2.99. The summed E-state index contributed by atoms with van der Waals surface area (Å²) in [6, 6.07) is 15.9. The quantitative estimate of drug-likeness (QED) is 0.486. The molecule has 1 aliphatic carbocycles. The molecule has 6 nitrogen and oxygen atoms in total. The van der Waals surface area contributed by atoms with Crippen LogP contribution in [0.4, 0.5) is 0 Å². The maximum Gasteiger partial charge on any atom is 0.325 e. The number of fused-ring (bicyclic) bond motifs is 3. The Kier molecular flexibility index (Phi) is 5.14. The number of carbonyl (C=O) groups excluding carboxylic acids is 3. The van der Waals surface area contributed by atoms with E-state index in [1.165, 1.54) is 6.92 Å². The van der Waals surface area contributed by atoms with E-state index in [9.17, 15) is 14.4 Å². The Balaban J connectivity index is 1.78. The van der Waals surface area contributed by atoms with Crippen LogP contribution < -0.4 is 5.90 Å². The second-order valence-corrected chi connectivity index (χ2v) is 6.21. The molecule has 0 heterocycles. The van der Waals surface area contributed by atoms with Crippen molar-refractivity contribution in [3.05, 3.63) is 59.7 Å². The van der Waals surface area contributed by atoms with Gasteiger partial charge in [-0.3, -0.25) is 14.4 Å². The third kappa shape index (κ3) is 3.36. The maximum atomic E-state index is 12.3. The van der Waals surface area contributed by atoms with Gasteiger partial charge in [-0.2, -0.15) is 5.90 Å². The van der Waals surface area contributed by atoms with Crippen LogP contribution >= 0.6 is 0 Å². The second kappa shape index (κ2) is 7.49. The van der Waals surface area contributed by atoms with Crippen LogP contribution in [0.1, 0.15) is 30.4 Å². The van der Waals surface area contributed by atoms with Crippen molar-refractivity contribution in [3.63, 3.8) is 0 Å². The molecule has 0 fully saturated rings. The van der Waals surface area contributed by atoms with Gasteiger partial charge in [0.05, 0.1) is 6.42 Å². The lowest BCUT2D eigenvalue weighted by Crippen LogP contribution is -2.29. The van der Waals surface area contributed by atoms with E-state index in [1.807, 2.05) is 48.5 Å². The van der Waals surface area contributed by atoms with Gasteiger partial charge >= 0.3 is 11.9 Å². The molecule has 2 aromatic carbocycles. The van der Waals surface area contributed by atoms with Crippen molar-refractivity contribution in [2.45, 2.75) is 19.3 Å². The van der Waals surface area contributed by atoms with E-state index in [1.54, 1.807) is 0 Å². The number of rotatable bonds is 6. The summed E-state index contributed by atoms with van der Waals surface area (Å²) in [5, 5.41) is 0. The molecule has 26 heavy (non-hydrogen) atoms. The molecule has 6 heteroatoms. The number of ether oxygens (including phenoxy) is 1. The fraction of sp³-hybridized carbons (Fsp3) is 0.250. The van der Waals surface area contributed by atoms with Gasteiger partial charge in [0.2, 0.25) is 0 Å². The molecule has 0 aromatic heterocycles. The van der Waals surface area contributed by atoms with Crippen LogP contribution in [0.2, 0.25) is 0 Å². The molecule has 1 aliphatic rings. The van der Waals surface area contributed by atoms with Crippen molar-refractivity contribution in [2.75, 3.05) is 6.61 Å². The molecule has 2 aromatic rings. The van der Waals surface area contributed by atoms with Crippen LogP contribution in [0.5, 0.6) is 0 Å². The molecular formula is C20H19NO5. The van der Waals surface area contributed by atoms with Crippen LogP contribution in [0.3, 0.4) is 0 Å². The zero-order chi connectivity index (χ0) is 18.7. The van der Waals surface area contributed by atoms with E-state index in [-0.39, 0.29) is 12.5 Å². The van der Waals surface area contributed by atoms with Gasteiger partial charge in [-0.05, 0) is 29.2 Å². The minimum absolute atomic E-state index is 0.0916. The third-order valence-electron chi connectivity index (χ3n) is 4.63. The van der Waals surface area contributed by atoms with Crippen LogP contribution in [0.25, 0.3) is 11.1 Å². The monoisotopic (exact) mass is 353 g/mol. The first-order valence-corrected chi connectivity index (χ1v) is 8.27. The Morgan fingerprint density at radius 2 is 1.54 bits per heavy atom. The minimum Gasteiger partial charge on any atom is -0.464 e. The average Bonchev–Trinajstić information content (AvgIpc) is 2.97. The number of benzene rings is 2. The van der Waals surface area contributed by atoms with Gasteiger partial charge in [0.25, 0.3) is 0 Å². The van der Waals surface area contributed by atoms with Crippen LogP contribution in [0.15, 0.2) is 48.5 Å². The maximum absolute atomic E-state index is 12.3. The molecule has 2 N–H and O–H groups in total. The normalized spacial score (nSPS) is 13.5. The topological polar surface area (TPSA) is 95.7 Å². The summed E-state index contributed by atoms with van der Waals surface area (Å²) in [6.45, 7) is 1.32. The highest BCUT2D eigenvalue weighted by molar-refractivity contribution is 6.00. The molecule has 0 unspecified atom stereocenters. The van der Waals surface area contributed by atoms with Gasteiger partial charge in [-0.1, -0.05) is 48.5 Å². The largest absolute Gasteiger partial charge is 0.464 e. The Morgan fingerprint density at radius 1 is 1.00 bits per heavy atom. The molecule has 0 bridgehead atoms. The van der Waals surface area contributed by atoms with Crippen molar-refractivity contribution in [1.82, 2.24) is 0 Å². The molecule has 0 amide bonds. The van der Waals surface area contributed by atoms with E-state index in [0.29, 0.717) is 0 Å². The number of hydrogen-bond acceptors (Lipinski definition) is 6. The van der Waals surface area contributed by atoms with Crippen molar-refractivity contribution in [1.29, 1.82) is 0 Å². The van der Waals surface area contributed by atoms with Gasteiger partial charge in [-0.25, -0.2) is 0 Å². The lowest BCUT2D eigenvalue weighted by molar-refractivity contribution is -0.158. The minimum atomic E-state index is -1.21. The van der Waals surface area contributed by atoms with Gasteiger partial charge in [0, 0.05) is 5.92 Å². The highest BCUT2D eigenvalue weighted by atomic mass is 16.7. The fourth-order valence-electron chi connectivity index (χ4n) is 3.31. The highest BCUT2D eigenvalue weighted by Gasteiger charge is 2.32. The van der Waals surface area contributed by atoms with Crippen molar-refractivity contribution >= 4 is 17.7 Å². The Labute approximate surface area is 150 Å². The number of carbonyl (C=O) groups is 3. The molecule has 1 atom stereocenters. The molecular weight excluding hydrogens is 334 g/mol. The van der Waals surface area contributed by atoms with Gasteiger partial charge < -0.3 is 9.57 Å². The van der Waals surface area contributed by atoms with Crippen LogP contribution in [0, 0.1) is 5.92 Å². The predicted molar refractivity (Wildman–Crippen MR) is 93.7 cm³/mol. The third-order valence-corrected chi connectivity index (χ3v) is 4.63. The smallest absolute Gasteiger partial charge is 0.325 e. The number of esters is 1. The second-order valence-electron chi connectivity index (χ2n) is 6.21. The first-order valence-electron chi connectivity index (χ1n) is 8.27. The lowest BCUT2D eigenvalue weighted by atomic mass is 9.97. The first kappa shape index (κ1) is 17.8. The Morgan fingerprint density at radius 3 is 2.04 bits per heavy atom. The molecule has 0 saturated carbocycles. The average molecular weight is 353 g/mol. The SMILES string of the molecule is CC(=O)[C@H](CC(=O)ON)C(=O)OCC1c2ccccc2-c2ccccc21. The summed E-state index contributed by atoms with van der Waals surface area (Å²) in [7, 11) is 0. The van der Waals surface area contributed by atoms with Gasteiger partial charge in [-0.15, -0.1) is 0 Å². The van der Waals surface area contributed by atoms with Crippen molar-refractivity contribution < 1.29 is 24.0 Å².